The molecule has 0 bridgehead atoms. The van der Waals surface area contributed by atoms with Crippen molar-refractivity contribution in [2.24, 2.45) is 0 Å². The molecule has 0 aliphatic rings. The highest BCUT2D eigenvalue weighted by molar-refractivity contribution is 7.90. The van der Waals surface area contributed by atoms with E-state index in [1.807, 2.05) is 0 Å². The molecule has 1 N–H and O–H groups in total. The number of nitrogens with one attached hydrogen (secondary N) is 1. The zero-order valence-electron chi connectivity index (χ0n) is 11.8. The average Bonchev–Trinajstić information content (AvgIpc) is 2.37. The Labute approximate surface area is 122 Å². The lowest BCUT2D eigenvalue weighted by Crippen LogP contribution is -2.28. The molecule has 1 rings (SSSR count). The van der Waals surface area contributed by atoms with Crippen molar-refractivity contribution < 1.29 is 22.9 Å². The molecular weight excluding hydrogens is 300 g/mol. The number of esters is 1. The summed E-state index contributed by atoms with van der Waals surface area (Å²) in [7, 11) is -3.55. The molecule has 1 aromatic rings. The maximum Gasteiger partial charge on any atom is 0.328 e. The number of anilines is 1. The van der Waals surface area contributed by atoms with E-state index in [-0.39, 0.29) is 17.2 Å². The number of benzene rings is 1. The Morgan fingerprint density at radius 1 is 1.48 bits per heavy atom. The first-order valence-electron chi connectivity index (χ1n) is 6.08. The van der Waals surface area contributed by atoms with Crippen LogP contribution in [-0.2, 0) is 19.4 Å². The van der Waals surface area contributed by atoms with E-state index < -0.39 is 32.5 Å². The summed E-state index contributed by atoms with van der Waals surface area (Å²) < 4.78 is 27.6. The normalized spacial score (nSPS) is 12.5. The third-order valence-electron chi connectivity index (χ3n) is 2.61. The lowest BCUT2D eigenvalue weighted by molar-refractivity contribution is -0.384. The van der Waals surface area contributed by atoms with Gasteiger partial charge in [-0.2, -0.15) is 0 Å². The first-order valence-corrected chi connectivity index (χ1v) is 7.97. The second-order valence-corrected chi connectivity index (χ2v) is 6.34. The van der Waals surface area contributed by atoms with Gasteiger partial charge in [0, 0.05) is 12.3 Å². The Morgan fingerprint density at radius 2 is 2.10 bits per heavy atom. The lowest BCUT2D eigenvalue weighted by atomic mass is 10.2. The standard InChI is InChI=1S/C12H16N2O6S/c1-4-20-12(15)8(2)13-10-6-5-9(21(3,18)19)7-11(10)14(16)17/h5-8,13H,4H2,1-3H3. The Bertz CT molecular complexity index is 656. The summed E-state index contributed by atoms with van der Waals surface area (Å²) in [6, 6.07) is 2.65. The predicted octanol–water partition coefficient (Wildman–Crippen LogP) is 1.36. The molecule has 0 saturated heterocycles. The van der Waals surface area contributed by atoms with Crippen LogP contribution in [0.5, 0.6) is 0 Å². The quantitative estimate of drug-likeness (QED) is 0.478. The highest BCUT2D eigenvalue weighted by Crippen LogP contribution is 2.28. The smallest absolute Gasteiger partial charge is 0.328 e. The summed E-state index contributed by atoms with van der Waals surface area (Å²) in [5.74, 6) is -0.556. The van der Waals surface area contributed by atoms with E-state index in [9.17, 15) is 23.3 Å². The van der Waals surface area contributed by atoms with Gasteiger partial charge in [-0.05, 0) is 26.0 Å². The Kier molecular flexibility index (Phi) is 5.25. The number of nitro groups is 1. The van der Waals surface area contributed by atoms with E-state index in [0.29, 0.717) is 0 Å². The Hall–Kier alpha value is -2.16. The van der Waals surface area contributed by atoms with E-state index in [4.69, 9.17) is 4.74 Å². The Balaban J connectivity index is 3.13. The molecule has 1 aromatic carbocycles. The zero-order valence-corrected chi connectivity index (χ0v) is 12.6. The number of nitro benzene ring substituents is 1. The van der Waals surface area contributed by atoms with Crippen LogP contribution in [0.1, 0.15) is 13.8 Å². The number of nitrogens with zero attached hydrogens (tertiary/aromatic N) is 1. The minimum absolute atomic E-state index is 0.0490. The number of sulfone groups is 1. The van der Waals surface area contributed by atoms with Gasteiger partial charge in [0.25, 0.3) is 5.69 Å². The summed E-state index contributed by atoms with van der Waals surface area (Å²) in [6.07, 6.45) is 0.959. The van der Waals surface area contributed by atoms with Gasteiger partial charge >= 0.3 is 5.97 Å². The van der Waals surface area contributed by atoms with E-state index >= 15 is 0 Å². The second kappa shape index (κ2) is 6.53. The molecule has 0 heterocycles. The van der Waals surface area contributed by atoms with Crippen molar-refractivity contribution in [2.45, 2.75) is 24.8 Å². The van der Waals surface area contributed by atoms with Crippen molar-refractivity contribution in [1.82, 2.24) is 0 Å². The number of carbonyl (C=O) groups is 1. The number of hydrogen-bond donors (Lipinski definition) is 1. The monoisotopic (exact) mass is 316 g/mol. The van der Waals surface area contributed by atoms with Gasteiger partial charge in [0.2, 0.25) is 0 Å². The molecule has 0 aromatic heterocycles. The highest BCUT2D eigenvalue weighted by Gasteiger charge is 2.22. The van der Waals surface area contributed by atoms with E-state index in [1.165, 1.54) is 19.1 Å². The molecule has 21 heavy (non-hydrogen) atoms. The van der Waals surface area contributed by atoms with Crippen LogP contribution < -0.4 is 5.32 Å². The van der Waals surface area contributed by atoms with Crippen molar-refractivity contribution in [3.05, 3.63) is 28.3 Å². The van der Waals surface area contributed by atoms with Crippen molar-refractivity contribution in [2.75, 3.05) is 18.2 Å². The number of hydrogen-bond acceptors (Lipinski definition) is 7. The van der Waals surface area contributed by atoms with Crippen molar-refractivity contribution >= 4 is 27.2 Å². The van der Waals surface area contributed by atoms with Crippen LogP contribution in [0.15, 0.2) is 23.1 Å². The molecule has 1 unspecified atom stereocenters. The fourth-order valence-electron chi connectivity index (χ4n) is 1.57. The zero-order chi connectivity index (χ0) is 16.2. The van der Waals surface area contributed by atoms with Gasteiger partial charge in [-0.25, -0.2) is 13.2 Å². The molecule has 0 radical (unpaired) electrons. The molecule has 1 atom stereocenters. The third-order valence-corrected chi connectivity index (χ3v) is 3.72. The Morgan fingerprint density at radius 3 is 2.57 bits per heavy atom. The topological polar surface area (TPSA) is 116 Å². The van der Waals surface area contributed by atoms with Crippen LogP contribution in [0.3, 0.4) is 0 Å². The fourth-order valence-corrected chi connectivity index (χ4v) is 2.22. The van der Waals surface area contributed by atoms with Crippen LogP contribution in [0.25, 0.3) is 0 Å². The molecule has 0 fully saturated rings. The van der Waals surface area contributed by atoms with E-state index in [1.54, 1.807) is 6.92 Å². The third kappa shape index (κ3) is 4.42. The summed E-state index contributed by atoms with van der Waals surface area (Å²) in [6.45, 7) is 3.33. The summed E-state index contributed by atoms with van der Waals surface area (Å²) in [5, 5.41) is 13.7. The average molecular weight is 316 g/mol. The van der Waals surface area contributed by atoms with Crippen LogP contribution in [0.4, 0.5) is 11.4 Å². The van der Waals surface area contributed by atoms with Gasteiger partial charge in [0.05, 0.1) is 16.4 Å². The van der Waals surface area contributed by atoms with Gasteiger partial charge in [-0.3, -0.25) is 10.1 Å². The van der Waals surface area contributed by atoms with Gasteiger partial charge in [0.1, 0.15) is 11.7 Å². The fraction of sp³-hybridized carbons (Fsp3) is 0.417. The number of rotatable bonds is 6. The second-order valence-electron chi connectivity index (χ2n) is 4.33. The maximum atomic E-state index is 11.5. The SMILES string of the molecule is CCOC(=O)C(C)Nc1ccc(S(C)(=O)=O)cc1[N+](=O)[O-]. The molecule has 0 saturated carbocycles. The minimum Gasteiger partial charge on any atom is -0.464 e. The largest absolute Gasteiger partial charge is 0.464 e. The van der Waals surface area contributed by atoms with Crippen molar-refractivity contribution in [1.29, 1.82) is 0 Å². The minimum atomic E-state index is -3.55. The van der Waals surface area contributed by atoms with E-state index in [0.717, 1.165) is 12.3 Å². The summed E-state index contributed by atoms with van der Waals surface area (Å²) in [5.41, 5.74) is -0.373. The van der Waals surface area contributed by atoms with Gasteiger partial charge < -0.3 is 10.1 Å². The first-order chi connectivity index (χ1) is 9.66. The number of carbonyl (C=O) groups excluding carboxylic acids is 1. The number of ether oxygens (including phenoxy) is 1. The molecule has 0 spiro atoms. The molecule has 0 aliphatic heterocycles. The molecule has 116 valence electrons. The first kappa shape index (κ1) is 16.9. The highest BCUT2D eigenvalue weighted by atomic mass is 32.2. The van der Waals surface area contributed by atoms with Gasteiger partial charge in [-0.1, -0.05) is 0 Å². The molecule has 9 heteroatoms. The van der Waals surface area contributed by atoms with Crippen molar-refractivity contribution in [3.63, 3.8) is 0 Å². The van der Waals surface area contributed by atoms with Gasteiger partial charge in [0.15, 0.2) is 9.84 Å². The molecule has 0 amide bonds. The van der Waals surface area contributed by atoms with Crippen LogP contribution >= 0.6 is 0 Å². The van der Waals surface area contributed by atoms with Gasteiger partial charge in [-0.15, -0.1) is 0 Å². The predicted molar refractivity (Wildman–Crippen MR) is 75.9 cm³/mol. The summed E-state index contributed by atoms with van der Waals surface area (Å²) in [4.78, 5) is 21.7. The molecular formula is C12H16N2O6S. The van der Waals surface area contributed by atoms with Crippen LogP contribution in [0.2, 0.25) is 0 Å². The van der Waals surface area contributed by atoms with E-state index in [2.05, 4.69) is 5.32 Å². The maximum absolute atomic E-state index is 11.5. The van der Waals surface area contributed by atoms with Crippen LogP contribution in [-0.4, -0.2) is 38.2 Å². The molecule has 0 aliphatic carbocycles. The van der Waals surface area contributed by atoms with Crippen molar-refractivity contribution in [3.8, 4) is 0 Å². The molecule has 8 nitrogen and oxygen atoms in total. The lowest BCUT2D eigenvalue weighted by Gasteiger charge is -2.14. The summed E-state index contributed by atoms with van der Waals surface area (Å²) >= 11 is 0. The van der Waals surface area contributed by atoms with Crippen LogP contribution in [0, 0.1) is 10.1 Å².